The first kappa shape index (κ1) is 24.9. The summed E-state index contributed by atoms with van der Waals surface area (Å²) >= 11 is 0. The fourth-order valence-electron chi connectivity index (χ4n) is 11.0. The molecule has 0 unspecified atom stereocenters. The van der Waals surface area contributed by atoms with Crippen molar-refractivity contribution in [3.05, 3.63) is 71.8 Å². The lowest BCUT2D eigenvalue weighted by Gasteiger charge is -2.89. The third-order valence-corrected chi connectivity index (χ3v) is 101. The molecule has 0 radical (unpaired) electrons. The monoisotopic (exact) mass is 526 g/mol. The minimum atomic E-state index is -1.66. The molecule has 2 aromatic rings. The normalized spacial score (nSPS) is 34.8. The molecule has 3 aliphatic heterocycles. The Morgan fingerprint density at radius 3 is 0.719 bits per heavy atom. The van der Waals surface area contributed by atoms with Crippen molar-refractivity contribution in [2.24, 2.45) is 0 Å². The summed E-state index contributed by atoms with van der Waals surface area (Å²) in [4.78, 5) is 0. The van der Waals surface area contributed by atoms with Gasteiger partial charge in [-0.3, -0.25) is 0 Å². The predicted octanol–water partition coefficient (Wildman–Crippen LogP) is 7.61. The maximum absolute atomic E-state index is 2.90. The molecule has 0 aliphatic carbocycles. The van der Waals surface area contributed by atoms with Crippen LogP contribution in [0.1, 0.15) is 11.1 Å². The third-order valence-electron chi connectivity index (χ3n) is 12.7. The summed E-state index contributed by atoms with van der Waals surface area (Å²) in [7, 11) is -9.96. The second-order valence-corrected chi connectivity index (χ2v) is 63.5. The number of hydrogen-bond acceptors (Lipinski definition) is 0. The van der Waals surface area contributed by atoms with E-state index in [2.05, 4.69) is 139 Å². The molecular weight excluding hydrogens is 481 g/mol. The minimum Gasteiger partial charge on any atom is -0.0710 e. The summed E-state index contributed by atoms with van der Waals surface area (Å²) in [6.45, 7) is 34.8. The van der Waals surface area contributed by atoms with E-state index in [1.165, 1.54) is 0 Å². The van der Waals surface area contributed by atoms with E-state index in [1.807, 2.05) is 0 Å². The van der Waals surface area contributed by atoms with Crippen molar-refractivity contribution in [2.75, 3.05) is 0 Å². The van der Waals surface area contributed by atoms with Crippen LogP contribution in [0.4, 0.5) is 0 Å². The molecule has 0 saturated carbocycles. The molecule has 0 spiro atoms. The maximum Gasteiger partial charge on any atom is 0.0467 e. The Hall–Kier alpha value is -0.259. The van der Waals surface area contributed by atoms with E-state index in [0.717, 1.165) is 0 Å². The van der Waals surface area contributed by atoms with Gasteiger partial charge in [-0.05, 0) is 8.57 Å². The minimum absolute atomic E-state index is 0.575. The quantitative estimate of drug-likeness (QED) is 0.353. The van der Waals surface area contributed by atoms with Crippen LogP contribution in [-0.2, 0) is 8.57 Å². The van der Waals surface area contributed by atoms with Gasteiger partial charge in [0.05, 0.1) is 0 Å². The Morgan fingerprint density at radius 1 is 0.344 bits per heavy atom. The fraction of sp³-hybridized carbons (Fsp3) is 0.538. The molecule has 2 bridgehead atoms. The molecule has 6 heteroatoms. The molecule has 3 fully saturated rings. The molecular formula is C26H46Si6. The van der Waals surface area contributed by atoms with Crippen LogP contribution in [0, 0.1) is 0 Å². The van der Waals surface area contributed by atoms with E-state index in [0.29, 0.717) is 8.57 Å². The van der Waals surface area contributed by atoms with Crippen LogP contribution >= 0.6 is 0 Å². The zero-order chi connectivity index (χ0) is 24.2. The average Bonchev–Trinajstić information content (AvgIpc) is 2.67. The lowest BCUT2D eigenvalue weighted by atomic mass is 10.2. The molecule has 3 heterocycles. The first-order valence-electron chi connectivity index (χ1n) is 12.6. The Balaban J connectivity index is 2.33. The van der Waals surface area contributed by atoms with E-state index in [4.69, 9.17) is 0 Å². The third kappa shape index (κ3) is 2.08. The van der Waals surface area contributed by atoms with Gasteiger partial charge < -0.3 is 0 Å². The SMILES string of the molecule is C[Si]1(C)C2(c3ccccc3)[Si](C)(C)[Si](C)(C)C(c3ccccc3)([Si]1(C)C)[Si](C)(C)[Si]2(C)C. The highest BCUT2D eigenvalue weighted by atomic mass is 29.4. The molecule has 5 rings (SSSR count). The Bertz CT molecular complexity index is 877. The van der Waals surface area contributed by atoms with Crippen LogP contribution in [0.2, 0.25) is 78.6 Å². The van der Waals surface area contributed by atoms with Crippen LogP contribution in [0.25, 0.3) is 0 Å². The molecule has 0 nitrogen and oxygen atoms in total. The van der Waals surface area contributed by atoms with Crippen molar-refractivity contribution in [1.82, 2.24) is 0 Å². The van der Waals surface area contributed by atoms with E-state index in [-0.39, 0.29) is 0 Å². The molecule has 174 valence electrons. The maximum atomic E-state index is 2.90. The van der Waals surface area contributed by atoms with Crippen LogP contribution in [0.3, 0.4) is 0 Å². The van der Waals surface area contributed by atoms with Crippen molar-refractivity contribution in [3.8, 4) is 0 Å². The van der Waals surface area contributed by atoms with Crippen LogP contribution in [-0.4, -0.2) is 45.5 Å². The average molecular weight is 527 g/mol. The van der Waals surface area contributed by atoms with E-state index >= 15 is 0 Å². The van der Waals surface area contributed by atoms with Crippen molar-refractivity contribution in [3.63, 3.8) is 0 Å². The molecule has 2 aromatic carbocycles. The first-order valence-corrected chi connectivity index (χ1v) is 33.6. The Labute approximate surface area is 203 Å². The van der Waals surface area contributed by atoms with Crippen molar-refractivity contribution >= 4 is 45.5 Å². The summed E-state index contributed by atoms with van der Waals surface area (Å²) in [5.74, 6) is 0. The lowest BCUT2D eigenvalue weighted by molar-refractivity contribution is 0.938. The molecule has 0 N–H and O–H groups in total. The molecule has 3 saturated heterocycles. The highest BCUT2D eigenvalue weighted by molar-refractivity contribution is 7.77. The van der Waals surface area contributed by atoms with Gasteiger partial charge >= 0.3 is 0 Å². The second-order valence-electron chi connectivity index (χ2n) is 14.0. The van der Waals surface area contributed by atoms with Gasteiger partial charge in [0.2, 0.25) is 0 Å². The summed E-state index contributed by atoms with van der Waals surface area (Å²) in [6.07, 6.45) is 0. The number of benzene rings is 2. The fourth-order valence-corrected chi connectivity index (χ4v) is 153. The summed E-state index contributed by atoms with van der Waals surface area (Å²) in [5, 5.41) is 0. The summed E-state index contributed by atoms with van der Waals surface area (Å²) in [6, 6.07) is 24.4. The van der Waals surface area contributed by atoms with Gasteiger partial charge in [-0.2, -0.15) is 0 Å². The van der Waals surface area contributed by atoms with Gasteiger partial charge in [-0.15, -0.1) is 0 Å². The number of rotatable bonds is 2. The second kappa shape index (κ2) is 6.69. The van der Waals surface area contributed by atoms with Gasteiger partial charge in [0.1, 0.15) is 0 Å². The number of fused-ring (bicyclic) bond motifs is 3. The van der Waals surface area contributed by atoms with Gasteiger partial charge in [-0.25, -0.2) is 0 Å². The number of hydrogen-bond donors (Lipinski definition) is 0. The van der Waals surface area contributed by atoms with Crippen LogP contribution in [0.15, 0.2) is 60.7 Å². The van der Waals surface area contributed by atoms with Gasteiger partial charge in [0, 0.05) is 45.5 Å². The smallest absolute Gasteiger partial charge is 0.0467 e. The van der Waals surface area contributed by atoms with Crippen molar-refractivity contribution in [2.45, 2.75) is 87.1 Å². The summed E-state index contributed by atoms with van der Waals surface area (Å²) < 4.78 is 1.15. The molecule has 3 aliphatic rings. The molecule has 0 amide bonds. The Kier molecular flexibility index (Phi) is 5.20. The predicted molar refractivity (Wildman–Crippen MR) is 161 cm³/mol. The van der Waals surface area contributed by atoms with Gasteiger partial charge in [-0.1, -0.05) is 150 Å². The molecule has 32 heavy (non-hydrogen) atoms. The topological polar surface area (TPSA) is 0 Å². The van der Waals surface area contributed by atoms with Crippen molar-refractivity contribution in [1.29, 1.82) is 0 Å². The summed E-state index contributed by atoms with van der Waals surface area (Å²) in [5.41, 5.74) is 3.60. The van der Waals surface area contributed by atoms with E-state index < -0.39 is 45.5 Å². The largest absolute Gasteiger partial charge is 0.0710 e. The zero-order valence-electron chi connectivity index (χ0n) is 22.8. The van der Waals surface area contributed by atoms with E-state index in [1.54, 1.807) is 11.1 Å². The van der Waals surface area contributed by atoms with Crippen LogP contribution < -0.4 is 0 Å². The lowest BCUT2D eigenvalue weighted by Crippen LogP contribution is -3.11. The molecule has 0 atom stereocenters. The zero-order valence-corrected chi connectivity index (χ0v) is 28.8. The van der Waals surface area contributed by atoms with Gasteiger partial charge in [0.15, 0.2) is 0 Å². The Morgan fingerprint density at radius 2 is 0.531 bits per heavy atom. The molecule has 0 aromatic heterocycles. The standard InChI is InChI=1S/C26H46Si6/c1-27(2)25(23-19-15-13-16-20-23)29(5,6)31(9,10)26(28(27,3)4,24-21-17-14-18-22-24)32(11,12)30(25,7)8/h13-22H,1-12H3. The first-order chi connectivity index (χ1) is 14.5. The highest BCUT2D eigenvalue weighted by Crippen LogP contribution is 2.73. The van der Waals surface area contributed by atoms with E-state index in [9.17, 15) is 0 Å². The van der Waals surface area contributed by atoms with Crippen molar-refractivity contribution < 1.29 is 0 Å². The van der Waals surface area contributed by atoms with Gasteiger partial charge in [0.25, 0.3) is 0 Å². The highest BCUT2D eigenvalue weighted by Gasteiger charge is 2.92. The van der Waals surface area contributed by atoms with Crippen LogP contribution in [0.5, 0.6) is 0 Å².